The summed E-state index contributed by atoms with van der Waals surface area (Å²) in [6, 6.07) is 13.1. The van der Waals surface area contributed by atoms with Gasteiger partial charge in [-0.1, -0.05) is 50.1 Å². The maximum Gasteiger partial charge on any atom is 0.137 e. The Morgan fingerprint density at radius 1 is 0.941 bits per heavy atom. The zero-order valence-corrected chi connectivity index (χ0v) is 13.4. The summed E-state index contributed by atoms with van der Waals surface area (Å²) in [5.74, 6) is -0.248. The fourth-order valence-electron chi connectivity index (χ4n) is 1.53. The highest BCUT2D eigenvalue weighted by atomic mass is 79.9. The van der Waals surface area contributed by atoms with Crippen molar-refractivity contribution in [3.63, 3.8) is 0 Å². The van der Waals surface area contributed by atoms with Crippen molar-refractivity contribution in [1.82, 2.24) is 0 Å². The molecule has 0 fully saturated rings. The van der Waals surface area contributed by atoms with Crippen LogP contribution in [0.15, 0.2) is 51.4 Å². The minimum atomic E-state index is -0.248. The molecule has 0 aromatic heterocycles. The number of hydrogen-bond donors (Lipinski definition) is 0. The number of benzene rings is 2. The number of hydrogen-bond acceptors (Lipinski definition) is 0. The van der Waals surface area contributed by atoms with E-state index in [4.69, 9.17) is 0 Å². The molecule has 0 aliphatic heterocycles. The third kappa shape index (κ3) is 3.18. The van der Waals surface area contributed by atoms with Crippen molar-refractivity contribution in [1.29, 1.82) is 0 Å². The number of halogens is 4. The lowest BCUT2D eigenvalue weighted by Gasteiger charge is -2.11. The second-order valence-corrected chi connectivity index (χ2v) is 6.28. The van der Waals surface area contributed by atoms with Gasteiger partial charge in [0.1, 0.15) is 5.82 Å². The van der Waals surface area contributed by atoms with Crippen molar-refractivity contribution < 1.29 is 4.39 Å². The van der Waals surface area contributed by atoms with Gasteiger partial charge in [0.2, 0.25) is 0 Å². The molecule has 0 amide bonds. The average molecular weight is 423 g/mol. The van der Waals surface area contributed by atoms with Gasteiger partial charge in [0.15, 0.2) is 0 Å². The molecule has 0 nitrogen and oxygen atoms in total. The van der Waals surface area contributed by atoms with Crippen LogP contribution >= 0.6 is 47.8 Å². The molecule has 17 heavy (non-hydrogen) atoms. The molecule has 0 bridgehead atoms. The van der Waals surface area contributed by atoms with E-state index in [1.165, 1.54) is 6.07 Å². The van der Waals surface area contributed by atoms with E-state index in [-0.39, 0.29) is 10.6 Å². The molecule has 88 valence electrons. The maximum absolute atomic E-state index is 13.2. The third-order valence-electron chi connectivity index (χ3n) is 2.38. The second-order valence-electron chi connectivity index (χ2n) is 3.59. The molecule has 0 radical (unpaired) electrons. The highest BCUT2D eigenvalue weighted by molar-refractivity contribution is 9.11. The molecule has 1 atom stereocenters. The van der Waals surface area contributed by atoms with Gasteiger partial charge in [-0.05, 0) is 51.3 Å². The van der Waals surface area contributed by atoms with E-state index >= 15 is 0 Å². The Morgan fingerprint density at radius 2 is 1.65 bits per heavy atom. The SMILES string of the molecule is Fc1ccc(C(Br)c2cccc(Br)c2)cc1Br. The van der Waals surface area contributed by atoms with Crippen LogP contribution in [0.3, 0.4) is 0 Å². The van der Waals surface area contributed by atoms with E-state index in [1.807, 2.05) is 24.3 Å². The quantitative estimate of drug-likeness (QED) is 0.534. The fraction of sp³-hybridized carbons (Fsp3) is 0.0769. The second kappa shape index (κ2) is 5.63. The largest absolute Gasteiger partial charge is 0.206 e. The summed E-state index contributed by atoms with van der Waals surface area (Å²) < 4.78 is 14.7. The fourth-order valence-corrected chi connectivity index (χ4v) is 2.91. The van der Waals surface area contributed by atoms with E-state index in [2.05, 4.69) is 47.8 Å². The smallest absolute Gasteiger partial charge is 0.137 e. The van der Waals surface area contributed by atoms with E-state index < -0.39 is 0 Å². The van der Waals surface area contributed by atoms with Crippen LogP contribution in [0, 0.1) is 5.82 Å². The first kappa shape index (κ1) is 13.2. The summed E-state index contributed by atoms with van der Waals surface area (Å²) in [5, 5.41) is 0. The Balaban J connectivity index is 2.36. The predicted octanol–water partition coefficient (Wildman–Crippen LogP) is 5.84. The molecule has 2 aromatic rings. The van der Waals surface area contributed by atoms with Gasteiger partial charge in [0, 0.05) is 4.47 Å². The van der Waals surface area contributed by atoms with E-state index in [0.717, 1.165) is 15.6 Å². The van der Waals surface area contributed by atoms with Crippen LogP contribution in [-0.4, -0.2) is 0 Å². The molecule has 0 aliphatic rings. The average Bonchev–Trinajstić information content (AvgIpc) is 2.32. The number of rotatable bonds is 2. The topological polar surface area (TPSA) is 0 Å². The Hall–Kier alpha value is -0.190. The van der Waals surface area contributed by atoms with Gasteiger partial charge in [-0.3, -0.25) is 0 Å². The molecule has 0 saturated carbocycles. The molecule has 0 N–H and O–H groups in total. The summed E-state index contributed by atoms with van der Waals surface area (Å²) in [6.45, 7) is 0. The van der Waals surface area contributed by atoms with Crippen LogP contribution in [-0.2, 0) is 0 Å². The van der Waals surface area contributed by atoms with Crippen LogP contribution in [0.1, 0.15) is 16.0 Å². The van der Waals surface area contributed by atoms with Gasteiger partial charge < -0.3 is 0 Å². The summed E-state index contributed by atoms with van der Waals surface area (Å²) >= 11 is 10.3. The third-order valence-corrected chi connectivity index (χ3v) is 4.54. The van der Waals surface area contributed by atoms with Gasteiger partial charge in [0.05, 0.1) is 9.30 Å². The maximum atomic E-state index is 13.2. The molecular formula is C13H8Br3F. The molecule has 0 aliphatic carbocycles. The minimum Gasteiger partial charge on any atom is -0.206 e. The van der Waals surface area contributed by atoms with Crippen molar-refractivity contribution in [2.75, 3.05) is 0 Å². The Morgan fingerprint density at radius 3 is 2.29 bits per heavy atom. The molecule has 0 heterocycles. The van der Waals surface area contributed by atoms with Crippen LogP contribution < -0.4 is 0 Å². The number of alkyl halides is 1. The van der Waals surface area contributed by atoms with Gasteiger partial charge in [0.25, 0.3) is 0 Å². The standard InChI is InChI=1S/C13H8Br3F/c14-10-3-1-2-8(6-10)13(16)9-4-5-12(17)11(15)7-9/h1-7,13H. The van der Waals surface area contributed by atoms with E-state index in [9.17, 15) is 4.39 Å². The molecule has 0 spiro atoms. The van der Waals surface area contributed by atoms with Gasteiger partial charge in [-0.2, -0.15) is 0 Å². The summed E-state index contributed by atoms with van der Waals surface area (Å²) in [4.78, 5) is 0.0527. The monoisotopic (exact) mass is 420 g/mol. The van der Waals surface area contributed by atoms with Crippen LogP contribution in [0.2, 0.25) is 0 Å². The van der Waals surface area contributed by atoms with Crippen molar-refractivity contribution >= 4 is 47.8 Å². The van der Waals surface area contributed by atoms with Crippen molar-refractivity contribution in [2.45, 2.75) is 4.83 Å². The highest BCUT2D eigenvalue weighted by Gasteiger charge is 2.12. The van der Waals surface area contributed by atoms with Crippen LogP contribution in [0.4, 0.5) is 4.39 Å². The zero-order chi connectivity index (χ0) is 12.4. The normalized spacial score (nSPS) is 12.5. The lowest BCUT2D eigenvalue weighted by Crippen LogP contribution is -1.93. The molecule has 2 aromatic carbocycles. The van der Waals surface area contributed by atoms with Gasteiger partial charge in [-0.15, -0.1) is 0 Å². The predicted molar refractivity (Wildman–Crippen MR) is 79.0 cm³/mol. The summed E-state index contributed by atoms with van der Waals surface area (Å²) in [5.41, 5.74) is 2.13. The Kier molecular flexibility index (Phi) is 4.39. The summed E-state index contributed by atoms with van der Waals surface area (Å²) in [7, 11) is 0. The lowest BCUT2D eigenvalue weighted by atomic mass is 10.1. The Labute approximate surface area is 125 Å². The molecule has 0 saturated heterocycles. The molecular weight excluding hydrogens is 415 g/mol. The van der Waals surface area contributed by atoms with Gasteiger partial charge >= 0.3 is 0 Å². The van der Waals surface area contributed by atoms with Gasteiger partial charge in [-0.25, -0.2) is 4.39 Å². The molecule has 2 rings (SSSR count). The van der Waals surface area contributed by atoms with E-state index in [0.29, 0.717) is 4.47 Å². The molecule has 1 unspecified atom stereocenters. The van der Waals surface area contributed by atoms with Crippen LogP contribution in [0.5, 0.6) is 0 Å². The Bertz CT molecular complexity index is 540. The first-order valence-corrected chi connectivity index (χ1v) is 7.42. The lowest BCUT2D eigenvalue weighted by molar-refractivity contribution is 0.620. The molecule has 4 heteroatoms. The minimum absolute atomic E-state index is 0.0527. The van der Waals surface area contributed by atoms with Crippen LogP contribution in [0.25, 0.3) is 0 Å². The van der Waals surface area contributed by atoms with Crippen molar-refractivity contribution in [2.24, 2.45) is 0 Å². The van der Waals surface area contributed by atoms with Crippen molar-refractivity contribution in [3.8, 4) is 0 Å². The highest BCUT2D eigenvalue weighted by Crippen LogP contribution is 2.33. The summed E-state index contributed by atoms with van der Waals surface area (Å²) in [6.07, 6.45) is 0. The van der Waals surface area contributed by atoms with Crippen molar-refractivity contribution in [3.05, 3.63) is 68.4 Å². The first-order chi connectivity index (χ1) is 8.08. The first-order valence-electron chi connectivity index (χ1n) is 4.92. The van der Waals surface area contributed by atoms with E-state index in [1.54, 1.807) is 12.1 Å². The zero-order valence-electron chi connectivity index (χ0n) is 8.63.